The van der Waals surface area contributed by atoms with Crippen molar-refractivity contribution in [1.82, 2.24) is 4.90 Å². The van der Waals surface area contributed by atoms with Gasteiger partial charge in [-0.15, -0.1) is 0 Å². The Hall–Kier alpha value is -0.930. The molecule has 0 aromatic heterocycles. The molecule has 0 aliphatic carbocycles. The van der Waals surface area contributed by atoms with E-state index in [1.54, 1.807) is 11.9 Å². The second-order valence-electron chi connectivity index (χ2n) is 3.87. The first-order valence-corrected chi connectivity index (χ1v) is 5.62. The lowest BCUT2D eigenvalue weighted by Crippen LogP contribution is -2.33. The zero-order chi connectivity index (χ0) is 12.5. The summed E-state index contributed by atoms with van der Waals surface area (Å²) in [6.45, 7) is 3.83. The maximum atomic E-state index is 12.0. The van der Waals surface area contributed by atoms with Crippen molar-refractivity contribution >= 4 is 34.8 Å². The second kappa shape index (κ2) is 4.93. The topological polar surface area (TPSA) is 46.3 Å². The number of nitrogens with zero attached hydrogens (tertiary/aromatic N) is 1. The molecule has 5 heteroatoms. The molecular formula is C11H14Cl2N2O. The molecule has 0 atom stereocenters. The van der Waals surface area contributed by atoms with Crippen LogP contribution in [0.5, 0.6) is 0 Å². The van der Waals surface area contributed by atoms with E-state index in [0.29, 0.717) is 16.3 Å². The van der Waals surface area contributed by atoms with Crippen LogP contribution in [0.25, 0.3) is 0 Å². The lowest BCUT2D eigenvalue weighted by Gasteiger charge is -2.22. The molecule has 0 heterocycles. The zero-order valence-corrected chi connectivity index (χ0v) is 10.9. The molecular weight excluding hydrogens is 247 g/mol. The average Bonchev–Trinajstić information content (AvgIpc) is 2.21. The molecule has 1 aromatic carbocycles. The van der Waals surface area contributed by atoms with Gasteiger partial charge in [-0.25, -0.2) is 0 Å². The minimum absolute atomic E-state index is 0.0868. The highest BCUT2D eigenvalue weighted by atomic mass is 35.5. The van der Waals surface area contributed by atoms with E-state index in [0.717, 1.165) is 0 Å². The van der Waals surface area contributed by atoms with Crippen molar-refractivity contribution in [2.45, 2.75) is 19.9 Å². The van der Waals surface area contributed by atoms with Gasteiger partial charge in [0.2, 0.25) is 0 Å². The highest BCUT2D eigenvalue weighted by molar-refractivity contribution is 6.44. The molecule has 0 fully saturated rings. The largest absolute Gasteiger partial charge is 0.399 e. The zero-order valence-electron chi connectivity index (χ0n) is 9.42. The molecule has 2 N–H and O–H groups in total. The van der Waals surface area contributed by atoms with E-state index in [4.69, 9.17) is 28.9 Å². The Bertz CT molecular complexity index is 419. The third-order valence-corrected chi connectivity index (χ3v) is 3.18. The van der Waals surface area contributed by atoms with Gasteiger partial charge in [-0.3, -0.25) is 4.79 Å². The van der Waals surface area contributed by atoms with Crippen molar-refractivity contribution in [2.24, 2.45) is 0 Å². The number of benzene rings is 1. The van der Waals surface area contributed by atoms with E-state index in [-0.39, 0.29) is 17.0 Å². The number of halogens is 2. The fourth-order valence-corrected chi connectivity index (χ4v) is 1.61. The summed E-state index contributed by atoms with van der Waals surface area (Å²) in [6, 6.07) is 3.15. The first-order valence-electron chi connectivity index (χ1n) is 4.86. The van der Waals surface area contributed by atoms with Crippen LogP contribution < -0.4 is 5.73 Å². The molecule has 0 saturated heterocycles. The summed E-state index contributed by atoms with van der Waals surface area (Å²) in [7, 11) is 1.71. The van der Waals surface area contributed by atoms with Crippen LogP contribution in [0.3, 0.4) is 0 Å². The maximum absolute atomic E-state index is 12.0. The van der Waals surface area contributed by atoms with E-state index in [2.05, 4.69) is 0 Å². The summed E-state index contributed by atoms with van der Waals surface area (Å²) >= 11 is 11.8. The third kappa shape index (κ3) is 2.60. The highest BCUT2D eigenvalue weighted by Crippen LogP contribution is 2.29. The molecule has 0 aliphatic rings. The average molecular weight is 261 g/mol. The van der Waals surface area contributed by atoms with E-state index in [1.807, 2.05) is 13.8 Å². The summed E-state index contributed by atoms with van der Waals surface area (Å²) in [5.74, 6) is -0.186. The third-order valence-electron chi connectivity index (χ3n) is 2.38. The Balaban J connectivity index is 3.18. The molecule has 0 bridgehead atoms. The quantitative estimate of drug-likeness (QED) is 0.831. The van der Waals surface area contributed by atoms with Crippen molar-refractivity contribution in [3.05, 3.63) is 27.7 Å². The molecule has 0 spiro atoms. The minimum Gasteiger partial charge on any atom is -0.399 e. The van der Waals surface area contributed by atoms with Crippen LogP contribution in [0.1, 0.15) is 24.2 Å². The smallest absolute Gasteiger partial charge is 0.255 e. The summed E-state index contributed by atoms with van der Waals surface area (Å²) in [5, 5.41) is 0.538. The summed E-state index contributed by atoms with van der Waals surface area (Å²) in [4.78, 5) is 13.6. The number of rotatable bonds is 2. The Labute approximate surface area is 105 Å². The van der Waals surface area contributed by atoms with Crippen LogP contribution in [0, 0.1) is 0 Å². The number of carbonyl (C=O) groups excluding carboxylic acids is 1. The van der Waals surface area contributed by atoms with Gasteiger partial charge in [0.25, 0.3) is 5.91 Å². The van der Waals surface area contributed by atoms with Crippen LogP contribution in [0.15, 0.2) is 12.1 Å². The van der Waals surface area contributed by atoms with Gasteiger partial charge in [-0.05, 0) is 26.0 Å². The lowest BCUT2D eigenvalue weighted by atomic mass is 10.1. The van der Waals surface area contributed by atoms with Crippen molar-refractivity contribution in [1.29, 1.82) is 0 Å². The van der Waals surface area contributed by atoms with Crippen LogP contribution in [0.2, 0.25) is 10.0 Å². The first-order chi connectivity index (χ1) is 7.34. The molecule has 1 aromatic rings. The summed E-state index contributed by atoms with van der Waals surface area (Å²) in [6.07, 6.45) is 0. The number of nitrogen functional groups attached to an aromatic ring is 1. The van der Waals surface area contributed by atoms with Crippen molar-refractivity contribution < 1.29 is 4.79 Å². The van der Waals surface area contributed by atoms with Gasteiger partial charge >= 0.3 is 0 Å². The number of amides is 1. The van der Waals surface area contributed by atoms with Crippen LogP contribution >= 0.6 is 23.2 Å². The fourth-order valence-electron chi connectivity index (χ4n) is 1.19. The van der Waals surface area contributed by atoms with Gasteiger partial charge in [0.05, 0.1) is 15.6 Å². The van der Waals surface area contributed by atoms with Gasteiger partial charge in [0.1, 0.15) is 0 Å². The van der Waals surface area contributed by atoms with Gasteiger partial charge in [-0.1, -0.05) is 23.2 Å². The monoisotopic (exact) mass is 260 g/mol. The first kappa shape index (κ1) is 13.1. The lowest BCUT2D eigenvalue weighted by molar-refractivity contribution is 0.0755. The minimum atomic E-state index is -0.186. The summed E-state index contributed by atoms with van der Waals surface area (Å²) in [5.41, 5.74) is 6.39. The Morgan fingerprint density at radius 2 is 1.94 bits per heavy atom. The summed E-state index contributed by atoms with van der Waals surface area (Å²) < 4.78 is 0. The number of hydrogen-bond donors (Lipinski definition) is 1. The fraction of sp³-hybridized carbons (Fsp3) is 0.364. The molecule has 1 rings (SSSR count). The number of hydrogen-bond acceptors (Lipinski definition) is 2. The van der Waals surface area contributed by atoms with Crippen LogP contribution in [0.4, 0.5) is 5.69 Å². The van der Waals surface area contributed by atoms with E-state index >= 15 is 0 Å². The molecule has 0 unspecified atom stereocenters. The van der Waals surface area contributed by atoms with Gasteiger partial charge in [-0.2, -0.15) is 0 Å². The number of anilines is 1. The molecule has 0 saturated carbocycles. The molecule has 88 valence electrons. The van der Waals surface area contributed by atoms with Gasteiger partial charge < -0.3 is 10.6 Å². The SMILES string of the molecule is CC(C)N(C)C(=O)c1cc(N)cc(Cl)c1Cl. The molecule has 0 aliphatic heterocycles. The van der Waals surface area contributed by atoms with E-state index in [1.165, 1.54) is 12.1 Å². The molecule has 3 nitrogen and oxygen atoms in total. The molecule has 0 radical (unpaired) electrons. The van der Waals surface area contributed by atoms with Crippen LogP contribution in [-0.4, -0.2) is 23.9 Å². The highest BCUT2D eigenvalue weighted by Gasteiger charge is 2.19. The van der Waals surface area contributed by atoms with Gasteiger partial charge in [0, 0.05) is 18.8 Å². The van der Waals surface area contributed by atoms with E-state index in [9.17, 15) is 4.79 Å². The predicted octanol–water partition coefficient (Wildman–Crippen LogP) is 3.06. The predicted molar refractivity (Wildman–Crippen MR) is 68.1 cm³/mol. The second-order valence-corrected chi connectivity index (χ2v) is 4.66. The normalized spacial score (nSPS) is 10.6. The standard InChI is InChI=1S/C11H14Cl2N2O/c1-6(2)15(3)11(16)8-4-7(14)5-9(12)10(8)13/h4-6H,14H2,1-3H3. The van der Waals surface area contributed by atoms with Crippen LogP contribution in [-0.2, 0) is 0 Å². The molecule has 1 amide bonds. The Morgan fingerprint density at radius 3 is 2.44 bits per heavy atom. The maximum Gasteiger partial charge on any atom is 0.255 e. The number of nitrogens with two attached hydrogens (primary N) is 1. The van der Waals surface area contributed by atoms with Crippen molar-refractivity contribution in [3.8, 4) is 0 Å². The van der Waals surface area contributed by atoms with E-state index < -0.39 is 0 Å². The molecule has 16 heavy (non-hydrogen) atoms. The number of carbonyl (C=O) groups is 1. The van der Waals surface area contributed by atoms with Crippen molar-refractivity contribution in [3.63, 3.8) is 0 Å². The van der Waals surface area contributed by atoms with Gasteiger partial charge in [0.15, 0.2) is 0 Å². The Morgan fingerprint density at radius 1 is 1.38 bits per heavy atom. The Kier molecular flexibility index (Phi) is 4.05. The van der Waals surface area contributed by atoms with Crippen molar-refractivity contribution in [2.75, 3.05) is 12.8 Å².